The van der Waals surface area contributed by atoms with Gasteiger partial charge in [-0.2, -0.15) is 8.42 Å². The number of benzene rings is 1. The van der Waals surface area contributed by atoms with Gasteiger partial charge >= 0.3 is 41.5 Å². The van der Waals surface area contributed by atoms with Crippen LogP contribution < -0.4 is 0 Å². The van der Waals surface area contributed by atoms with Crippen molar-refractivity contribution in [3.05, 3.63) is 28.3 Å². The summed E-state index contributed by atoms with van der Waals surface area (Å²) in [4.78, 5) is 22.5. The fourth-order valence-corrected chi connectivity index (χ4v) is 4.39. The third kappa shape index (κ3) is 8.38. The molecule has 0 bridgehead atoms. The molecule has 1 aromatic carbocycles. The quantitative estimate of drug-likeness (QED) is 0.242. The van der Waals surface area contributed by atoms with Gasteiger partial charge in [0.2, 0.25) is 0 Å². The summed E-state index contributed by atoms with van der Waals surface area (Å²) in [6.07, 6.45) is 7.74. The standard InChI is InChI=1S/C20H30O7S.Na.H/c1-3-5-7-9-11-14-13-16(19(21)22)17(20(23)24)18(28(25,26)27)15(14)12-10-8-6-4-2;;/h13H,3-12H2,1-2H3,(H,21,22)(H,23,24)(H,25,26,27);;. The molecule has 0 aliphatic carbocycles. The van der Waals surface area contributed by atoms with E-state index >= 15 is 0 Å². The molecule has 0 saturated heterocycles. The maximum absolute atomic E-state index is 12.1. The minimum atomic E-state index is -4.91. The van der Waals surface area contributed by atoms with Crippen LogP contribution in [-0.2, 0) is 23.0 Å². The van der Waals surface area contributed by atoms with Crippen LogP contribution >= 0.6 is 0 Å². The molecule has 160 valence electrons. The van der Waals surface area contributed by atoms with Crippen LogP contribution in [0.3, 0.4) is 0 Å². The molecule has 0 heterocycles. The van der Waals surface area contributed by atoms with E-state index in [4.69, 9.17) is 0 Å². The number of carboxylic acids is 2. The van der Waals surface area contributed by atoms with Gasteiger partial charge in [-0.05, 0) is 42.9 Å². The molecule has 7 nitrogen and oxygen atoms in total. The summed E-state index contributed by atoms with van der Waals surface area (Å²) in [6.45, 7) is 4.09. The van der Waals surface area contributed by atoms with Crippen molar-refractivity contribution in [1.29, 1.82) is 0 Å². The van der Waals surface area contributed by atoms with Crippen LogP contribution in [0.15, 0.2) is 11.0 Å². The summed E-state index contributed by atoms with van der Waals surface area (Å²) >= 11 is 0. The molecule has 9 heteroatoms. The Morgan fingerprint density at radius 3 is 1.79 bits per heavy atom. The zero-order valence-electron chi connectivity index (χ0n) is 16.5. The Balaban J connectivity index is 0.00000784. The van der Waals surface area contributed by atoms with E-state index in [1.54, 1.807) is 0 Å². The number of carboxylic acid groups (broad SMARTS) is 2. The van der Waals surface area contributed by atoms with Crippen LogP contribution in [0, 0.1) is 0 Å². The predicted octanol–water partition coefficient (Wildman–Crippen LogP) is 3.93. The van der Waals surface area contributed by atoms with Crippen molar-refractivity contribution in [3.63, 3.8) is 0 Å². The molecule has 1 rings (SSSR count). The number of aryl methyl sites for hydroxylation is 1. The Morgan fingerprint density at radius 2 is 1.38 bits per heavy atom. The van der Waals surface area contributed by atoms with Crippen LogP contribution in [0.25, 0.3) is 0 Å². The van der Waals surface area contributed by atoms with Gasteiger partial charge in [-0.3, -0.25) is 4.55 Å². The van der Waals surface area contributed by atoms with E-state index in [0.29, 0.717) is 18.4 Å². The van der Waals surface area contributed by atoms with Gasteiger partial charge in [0.15, 0.2) is 0 Å². The van der Waals surface area contributed by atoms with Crippen molar-refractivity contribution in [2.24, 2.45) is 0 Å². The van der Waals surface area contributed by atoms with Crippen LogP contribution in [0.1, 0.15) is 97.1 Å². The number of hydrogen-bond donors (Lipinski definition) is 3. The molecular formula is C20H31NaO7S. The summed E-state index contributed by atoms with van der Waals surface area (Å²) < 4.78 is 33.9. The molecule has 0 unspecified atom stereocenters. The normalized spacial score (nSPS) is 11.1. The second kappa shape index (κ2) is 13.4. The zero-order valence-corrected chi connectivity index (χ0v) is 17.3. The summed E-state index contributed by atoms with van der Waals surface area (Å²) in [7, 11) is -4.91. The Bertz CT molecular complexity index is 804. The second-order valence-electron chi connectivity index (χ2n) is 6.97. The molecule has 0 aromatic heterocycles. The van der Waals surface area contributed by atoms with Gasteiger partial charge in [-0.1, -0.05) is 52.4 Å². The van der Waals surface area contributed by atoms with Crippen LogP contribution in [0.2, 0.25) is 0 Å². The first-order valence-electron chi connectivity index (χ1n) is 9.77. The zero-order chi connectivity index (χ0) is 21.3. The summed E-state index contributed by atoms with van der Waals surface area (Å²) in [6, 6.07) is 1.27. The maximum atomic E-state index is 12.1. The SMILES string of the molecule is CCCCCCc1cc(C(=O)O)c(C(=O)O)c(S(=O)(=O)O)c1CCCCCC.[NaH]. The van der Waals surface area contributed by atoms with E-state index in [2.05, 4.69) is 6.92 Å². The Hall–Kier alpha value is -0.930. The van der Waals surface area contributed by atoms with E-state index in [-0.39, 0.29) is 41.5 Å². The van der Waals surface area contributed by atoms with Crippen molar-refractivity contribution in [2.45, 2.75) is 83.0 Å². The Kier molecular flexibility index (Phi) is 13.0. The van der Waals surface area contributed by atoms with Gasteiger partial charge in [0.1, 0.15) is 4.90 Å². The predicted molar refractivity (Wildman–Crippen MR) is 113 cm³/mol. The first-order chi connectivity index (χ1) is 13.1. The summed E-state index contributed by atoms with van der Waals surface area (Å²) in [5.74, 6) is -3.22. The summed E-state index contributed by atoms with van der Waals surface area (Å²) in [5, 5.41) is 18.9. The van der Waals surface area contributed by atoms with Gasteiger partial charge in [0.25, 0.3) is 10.1 Å². The minimum absolute atomic E-state index is 0. The number of hydrogen-bond acceptors (Lipinski definition) is 4. The van der Waals surface area contributed by atoms with Crippen LogP contribution in [0.5, 0.6) is 0 Å². The molecule has 0 saturated carbocycles. The van der Waals surface area contributed by atoms with Crippen molar-refractivity contribution < 1.29 is 32.8 Å². The first kappa shape index (κ1) is 28.1. The molecule has 0 fully saturated rings. The fourth-order valence-electron chi connectivity index (χ4n) is 3.39. The van der Waals surface area contributed by atoms with Crippen LogP contribution in [-0.4, -0.2) is 64.7 Å². The summed E-state index contributed by atoms with van der Waals surface area (Å²) in [5.41, 5.74) is -0.749. The molecular weight excluding hydrogens is 407 g/mol. The second-order valence-corrected chi connectivity index (χ2v) is 8.33. The third-order valence-corrected chi connectivity index (χ3v) is 5.73. The molecule has 0 aliphatic heterocycles. The molecule has 0 amide bonds. The number of aromatic carboxylic acids is 2. The fraction of sp³-hybridized carbons (Fsp3) is 0.600. The van der Waals surface area contributed by atoms with Gasteiger partial charge in [-0.15, -0.1) is 0 Å². The van der Waals surface area contributed by atoms with Gasteiger partial charge in [0, 0.05) is 0 Å². The first-order valence-corrected chi connectivity index (χ1v) is 11.2. The molecule has 1 aromatic rings. The van der Waals surface area contributed by atoms with E-state index in [1.165, 1.54) is 6.07 Å². The number of unbranched alkanes of at least 4 members (excludes halogenated alkanes) is 6. The topological polar surface area (TPSA) is 129 Å². The van der Waals surface area contributed by atoms with E-state index in [0.717, 1.165) is 44.9 Å². The van der Waals surface area contributed by atoms with Crippen molar-refractivity contribution >= 4 is 51.6 Å². The van der Waals surface area contributed by atoms with E-state index in [9.17, 15) is 32.8 Å². The van der Waals surface area contributed by atoms with Crippen molar-refractivity contribution in [1.82, 2.24) is 0 Å². The van der Waals surface area contributed by atoms with Crippen molar-refractivity contribution in [3.8, 4) is 0 Å². The average molecular weight is 439 g/mol. The molecule has 0 spiro atoms. The van der Waals surface area contributed by atoms with E-state index < -0.39 is 38.1 Å². The molecule has 0 aliphatic rings. The molecule has 0 atom stereocenters. The van der Waals surface area contributed by atoms with Gasteiger partial charge < -0.3 is 10.2 Å². The Labute approximate surface area is 194 Å². The van der Waals surface area contributed by atoms with Gasteiger partial charge in [-0.25, -0.2) is 9.59 Å². The number of carbonyl (C=O) groups is 2. The molecule has 3 N–H and O–H groups in total. The van der Waals surface area contributed by atoms with E-state index in [1.807, 2.05) is 6.92 Å². The average Bonchev–Trinajstić information content (AvgIpc) is 2.60. The van der Waals surface area contributed by atoms with Crippen LogP contribution in [0.4, 0.5) is 0 Å². The monoisotopic (exact) mass is 438 g/mol. The van der Waals surface area contributed by atoms with Crippen molar-refractivity contribution in [2.75, 3.05) is 0 Å². The van der Waals surface area contributed by atoms with Gasteiger partial charge in [0.05, 0.1) is 11.1 Å². The molecule has 0 radical (unpaired) electrons. The Morgan fingerprint density at radius 1 is 0.862 bits per heavy atom. The molecule has 29 heavy (non-hydrogen) atoms. The third-order valence-electron chi connectivity index (χ3n) is 4.76. The number of rotatable bonds is 13.